The zero-order chi connectivity index (χ0) is 13.8. The Labute approximate surface area is 119 Å². The quantitative estimate of drug-likeness (QED) is 0.871. The Hall–Kier alpha value is -1.07. The molecule has 0 saturated carbocycles. The van der Waals surface area contributed by atoms with Crippen molar-refractivity contribution in [3.63, 3.8) is 0 Å². The van der Waals surface area contributed by atoms with Crippen LogP contribution in [-0.4, -0.2) is 34.8 Å². The Balaban J connectivity index is 2.10. The van der Waals surface area contributed by atoms with Crippen molar-refractivity contribution in [3.05, 3.63) is 28.8 Å². The van der Waals surface area contributed by atoms with Gasteiger partial charge in [-0.05, 0) is 31.0 Å². The van der Waals surface area contributed by atoms with Crippen molar-refractivity contribution < 1.29 is 13.7 Å². The predicted octanol–water partition coefficient (Wildman–Crippen LogP) is 2.45. The van der Waals surface area contributed by atoms with Crippen molar-refractivity contribution in [3.8, 4) is 0 Å². The number of nitrogens with one attached hydrogen (secondary N) is 1. The molecule has 0 unspecified atom stereocenters. The van der Waals surface area contributed by atoms with Gasteiger partial charge in [0.1, 0.15) is 0 Å². The molecule has 0 atom stereocenters. The maximum atomic E-state index is 11.5. The van der Waals surface area contributed by atoms with Gasteiger partial charge in [0.2, 0.25) is 0 Å². The lowest BCUT2D eigenvalue weighted by Gasteiger charge is -2.24. The second kappa shape index (κ2) is 6.39. The standard InChI is InChI=1S/C13H16ClNO3S/c1-18-13(16)9-2-3-11(14)12(8-9)15-10-4-6-19(17)7-5-10/h2-3,8,10,15H,4-7H2,1H3. The third-order valence-electron chi connectivity index (χ3n) is 3.14. The molecule has 1 aromatic rings. The van der Waals surface area contributed by atoms with Gasteiger partial charge in [0.25, 0.3) is 0 Å². The summed E-state index contributed by atoms with van der Waals surface area (Å²) in [4.78, 5) is 11.5. The van der Waals surface area contributed by atoms with Gasteiger partial charge in [-0.15, -0.1) is 0 Å². The number of esters is 1. The summed E-state index contributed by atoms with van der Waals surface area (Å²) in [7, 11) is 0.663. The number of hydrogen-bond donors (Lipinski definition) is 1. The molecule has 1 heterocycles. The number of anilines is 1. The first-order valence-electron chi connectivity index (χ1n) is 6.09. The average Bonchev–Trinajstić information content (AvgIpc) is 2.43. The third-order valence-corrected chi connectivity index (χ3v) is 4.85. The molecular weight excluding hydrogens is 286 g/mol. The summed E-state index contributed by atoms with van der Waals surface area (Å²) in [5.74, 6) is 1.04. The number of benzene rings is 1. The largest absolute Gasteiger partial charge is 0.465 e. The molecule has 1 saturated heterocycles. The summed E-state index contributed by atoms with van der Waals surface area (Å²) in [5, 5.41) is 3.88. The van der Waals surface area contributed by atoms with E-state index < -0.39 is 10.8 Å². The minimum atomic E-state index is -0.684. The van der Waals surface area contributed by atoms with Gasteiger partial charge >= 0.3 is 5.97 Å². The summed E-state index contributed by atoms with van der Waals surface area (Å²) >= 11 is 6.12. The van der Waals surface area contributed by atoms with E-state index >= 15 is 0 Å². The minimum Gasteiger partial charge on any atom is -0.465 e. The van der Waals surface area contributed by atoms with Gasteiger partial charge in [0, 0.05) is 28.3 Å². The molecule has 0 spiro atoms. The zero-order valence-electron chi connectivity index (χ0n) is 10.6. The highest BCUT2D eigenvalue weighted by atomic mass is 35.5. The van der Waals surface area contributed by atoms with E-state index in [0.717, 1.165) is 18.5 Å². The minimum absolute atomic E-state index is 0.253. The number of hydrogen-bond acceptors (Lipinski definition) is 4. The number of carbonyl (C=O) groups is 1. The highest BCUT2D eigenvalue weighted by molar-refractivity contribution is 7.85. The Kier molecular flexibility index (Phi) is 4.82. The Morgan fingerprint density at radius 1 is 1.42 bits per heavy atom. The molecule has 0 bridgehead atoms. The molecule has 0 amide bonds. The van der Waals surface area contributed by atoms with Crippen molar-refractivity contribution in [2.75, 3.05) is 23.9 Å². The van der Waals surface area contributed by atoms with Crippen LogP contribution in [0.25, 0.3) is 0 Å². The first-order valence-corrected chi connectivity index (χ1v) is 7.96. The van der Waals surface area contributed by atoms with E-state index in [4.69, 9.17) is 11.6 Å². The lowest BCUT2D eigenvalue weighted by atomic mass is 10.1. The van der Waals surface area contributed by atoms with Crippen LogP contribution in [0.4, 0.5) is 5.69 Å². The molecule has 2 rings (SSSR count). The number of rotatable bonds is 3. The van der Waals surface area contributed by atoms with Crippen LogP contribution in [0.1, 0.15) is 23.2 Å². The van der Waals surface area contributed by atoms with Crippen molar-refractivity contribution in [2.45, 2.75) is 18.9 Å². The van der Waals surface area contributed by atoms with E-state index in [9.17, 15) is 9.00 Å². The molecule has 1 aliphatic heterocycles. The number of ether oxygens (including phenoxy) is 1. The molecule has 1 N–H and O–H groups in total. The topological polar surface area (TPSA) is 55.4 Å². The normalized spacial score (nSPS) is 22.8. The van der Waals surface area contributed by atoms with Crippen LogP contribution >= 0.6 is 11.6 Å². The zero-order valence-corrected chi connectivity index (χ0v) is 12.2. The summed E-state index contributed by atoms with van der Waals surface area (Å²) in [5.41, 5.74) is 1.19. The van der Waals surface area contributed by atoms with Crippen molar-refractivity contribution in [1.82, 2.24) is 0 Å². The van der Waals surface area contributed by atoms with E-state index in [-0.39, 0.29) is 12.0 Å². The molecule has 1 fully saturated rings. The van der Waals surface area contributed by atoms with E-state index in [0.29, 0.717) is 22.1 Å². The lowest BCUT2D eigenvalue weighted by Crippen LogP contribution is -2.29. The van der Waals surface area contributed by atoms with Crippen LogP contribution in [-0.2, 0) is 15.5 Å². The maximum absolute atomic E-state index is 11.5. The van der Waals surface area contributed by atoms with Gasteiger partial charge in [-0.1, -0.05) is 11.6 Å². The average molecular weight is 302 g/mol. The monoisotopic (exact) mass is 301 g/mol. The van der Waals surface area contributed by atoms with Crippen molar-refractivity contribution in [1.29, 1.82) is 0 Å². The molecule has 0 aliphatic carbocycles. The first kappa shape index (κ1) is 14.3. The second-order valence-corrected chi connectivity index (χ2v) is 6.56. The molecule has 1 aromatic carbocycles. The van der Waals surface area contributed by atoms with Gasteiger partial charge in [0.05, 0.1) is 23.4 Å². The van der Waals surface area contributed by atoms with Gasteiger partial charge < -0.3 is 10.1 Å². The van der Waals surface area contributed by atoms with Crippen molar-refractivity contribution >= 4 is 34.1 Å². The van der Waals surface area contributed by atoms with Crippen molar-refractivity contribution in [2.24, 2.45) is 0 Å². The number of halogens is 1. The predicted molar refractivity (Wildman–Crippen MR) is 77.3 cm³/mol. The molecule has 0 radical (unpaired) electrons. The Morgan fingerprint density at radius 2 is 2.11 bits per heavy atom. The summed E-state index contributed by atoms with van der Waals surface area (Å²) in [6.07, 6.45) is 1.71. The molecule has 4 nitrogen and oxygen atoms in total. The van der Waals surface area contributed by atoms with Crippen LogP contribution in [0.5, 0.6) is 0 Å². The highest BCUT2D eigenvalue weighted by Gasteiger charge is 2.19. The van der Waals surface area contributed by atoms with E-state index in [1.165, 1.54) is 7.11 Å². The van der Waals surface area contributed by atoms with E-state index in [1.807, 2.05) is 0 Å². The SMILES string of the molecule is COC(=O)c1ccc(Cl)c(NC2CCS(=O)CC2)c1. The highest BCUT2D eigenvalue weighted by Crippen LogP contribution is 2.26. The fourth-order valence-corrected chi connectivity index (χ4v) is 3.51. The third kappa shape index (κ3) is 3.70. The van der Waals surface area contributed by atoms with E-state index in [2.05, 4.69) is 10.1 Å². The Bertz CT molecular complexity index is 497. The van der Waals surface area contributed by atoms with Crippen LogP contribution in [0.2, 0.25) is 5.02 Å². The fraction of sp³-hybridized carbons (Fsp3) is 0.462. The van der Waals surface area contributed by atoms with Gasteiger partial charge in [-0.3, -0.25) is 4.21 Å². The second-order valence-electron chi connectivity index (χ2n) is 4.45. The molecule has 19 heavy (non-hydrogen) atoms. The number of methoxy groups -OCH3 is 1. The van der Waals surface area contributed by atoms with Gasteiger partial charge in [-0.25, -0.2) is 4.79 Å². The smallest absolute Gasteiger partial charge is 0.337 e. The molecular formula is C13H16ClNO3S. The van der Waals surface area contributed by atoms with E-state index in [1.54, 1.807) is 18.2 Å². The van der Waals surface area contributed by atoms with Crippen LogP contribution in [0.15, 0.2) is 18.2 Å². The summed E-state index contributed by atoms with van der Waals surface area (Å²) < 4.78 is 16.0. The van der Waals surface area contributed by atoms with Gasteiger partial charge in [0.15, 0.2) is 0 Å². The van der Waals surface area contributed by atoms with Crippen LogP contribution in [0.3, 0.4) is 0 Å². The maximum Gasteiger partial charge on any atom is 0.337 e. The molecule has 6 heteroatoms. The molecule has 0 aromatic heterocycles. The van der Waals surface area contributed by atoms with Crippen LogP contribution < -0.4 is 5.32 Å². The van der Waals surface area contributed by atoms with Crippen LogP contribution in [0, 0.1) is 0 Å². The molecule has 104 valence electrons. The first-order chi connectivity index (χ1) is 9.10. The molecule has 1 aliphatic rings. The summed E-state index contributed by atoms with van der Waals surface area (Å²) in [6, 6.07) is 5.26. The lowest BCUT2D eigenvalue weighted by molar-refractivity contribution is 0.0601. The fourth-order valence-electron chi connectivity index (χ4n) is 2.04. The van der Waals surface area contributed by atoms with Gasteiger partial charge in [-0.2, -0.15) is 0 Å². The summed E-state index contributed by atoms with van der Waals surface area (Å²) in [6.45, 7) is 0. The number of carbonyl (C=O) groups excluding carboxylic acids is 1. The Morgan fingerprint density at radius 3 is 2.74 bits per heavy atom.